The number of hydrogen-bond acceptors (Lipinski definition) is 5. The first-order valence-electron chi connectivity index (χ1n) is 9.73. The van der Waals surface area contributed by atoms with Crippen molar-refractivity contribution in [1.29, 1.82) is 0 Å². The molecule has 0 aromatic carbocycles. The van der Waals surface area contributed by atoms with Gasteiger partial charge in [-0.2, -0.15) is 0 Å². The minimum absolute atomic E-state index is 0.126. The van der Waals surface area contributed by atoms with E-state index in [1.54, 1.807) is 0 Å². The van der Waals surface area contributed by atoms with Crippen molar-refractivity contribution in [2.45, 2.75) is 45.1 Å². The molecule has 8 heteroatoms. The molecule has 3 aliphatic rings. The third-order valence-electron chi connectivity index (χ3n) is 5.88. The van der Waals surface area contributed by atoms with Gasteiger partial charge in [0.15, 0.2) is 0 Å². The summed E-state index contributed by atoms with van der Waals surface area (Å²) in [6.45, 7) is 4.60. The lowest BCUT2D eigenvalue weighted by Crippen LogP contribution is -2.54. The Morgan fingerprint density at radius 3 is 2.48 bits per heavy atom. The molecule has 2 heterocycles. The van der Waals surface area contributed by atoms with E-state index >= 15 is 0 Å². The van der Waals surface area contributed by atoms with Gasteiger partial charge in [0.05, 0.1) is 11.6 Å². The van der Waals surface area contributed by atoms with Crippen molar-refractivity contribution in [1.82, 2.24) is 9.80 Å². The molecular formula is C19H26N4O3S. The number of primary amides is 1. The summed E-state index contributed by atoms with van der Waals surface area (Å²) in [5, 5.41) is 3.53. The van der Waals surface area contributed by atoms with E-state index in [0.717, 1.165) is 37.7 Å². The van der Waals surface area contributed by atoms with Crippen LogP contribution >= 0.6 is 11.3 Å². The first-order valence-corrected chi connectivity index (χ1v) is 10.6. The lowest BCUT2D eigenvalue weighted by Gasteiger charge is -2.37. The van der Waals surface area contributed by atoms with Gasteiger partial charge < -0.3 is 16.0 Å². The molecule has 146 valence electrons. The van der Waals surface area contributed by atoms with E-state index < -0.39 is 5.91 Å². The molecule has 3 amide bonds. The monoisotopic (exact) mass is 390 g/mol. The van der Waals surface area contributed by atoms with E-state index in [2.05, 4.69) is 10.2 Å². The van der Waals surface area contributed by atoms with Crippen LogP contribution in [0.1, 0.15) is 47.0 Å². The molecule has 3 N–H and O–H groups in total. The van der Waals surface area contributed by atoms with Crippen LogP contribution in [0.4, 0.5) is 5.00 Å². The fraction of sp³-hybridized carbons (Fsp3) is 0.632. The van der Waals surface area contributed by atoms with E-state index in [1.807, 2.05) is 11.8 Å². The number of carbonyl (C=O) groups excluding carboxylic acids is 3. The van der Waals surface area contributed by atoms with Crippen LogP contribution in [0.15, 0.2) is 0 Å². The third-order valence-corrected chi connectivity index (χ3v) is 7.09. The third kappa shape index (κ3) is 3.60. The van der Waals surface area contributed by atoms with Crippen LogP contribution < -0.4 is 11.1 Å². The van der Waals surface area contributed by atoms with Gasteiger partial charge in [-0.15, -0.1) is 11.3 Å². The second kappa shape index (κ2) is 7.24. The SMILES string of the molecule is CC(C(=O)Nc1sc2c(c1C(N)=O)CCC2)N1CCN(C(=O)C2CC2)CC1. The number of aryl methyl sites for hydroxylation is 1. The molecule has 27 heavy (non-hydrogen) atoms. The molecule has 2 fully saturated rings. The number of amides is 3. The highest BCUT2D eigenvalue weighted by atomic mass is 32.1. The van der Waals surface area contributed by atoms with Crippen molar-refractivity contribution in [2.75, 3.05) is 31.5 Å². The first kappa shape index (κ1) is 18.4. The Kier molecular flexibility index (Phi) is 4.94. The Morgan fingerprint density at radius 2 is 1.85 bits per heavy atom. The number of thiophene rings is 1. The van der Waals surface area contributed by atoms with E-state index in [4.69, 9.17) is 5.73 Å². The molecule has 1 aliphatic heterocycles. The van der Waals surface area contributed by atoms with Gasteiger partial charge in [0.1, 0.15) is 5.00 Å². The van der Waals surface area contributed by atoms with Crippen molar-refractivity contribution in [3.63, 3.8) is 0 Å². The van der Waals surface area contributed by atoms with Gasteiger partial charge in [-0.1, -0.05) is 0 Å². The van der Waals surface area contributed by atoms with E-state index in [1.165, 1.54) is 16.2 Å². The smallest absolute Gasteiger partial charge is 0.251 e. The highest BCUT2D eigenvalue weighted by molar-refractivity contribution is 7.17. The normalized spacial score (nSPS) is 21.0. The zero-order valence-corrected chi connectivity index (χ0v) is 16.4. The molecule has 2 aliphatic carbocycles. The molecular weight excluding hydrogens is 364 g/mol. The standard InChI is InChI=1S/C19H26N4O3S/c1-11(22-7-9-23(10-8-22)19(26)12-5-6-12)17(25)21-18-15(16(20)24)13-3-2-4-14(13)27-18/h11-12H,2-10H2,1H3,(H2,20,24)(H,21,25). The van der Waals surface area contributed by atoms with Gasteiger partial charge in [-0.3, -0.25) is 19.3 Å². The maximum Gasteiger partial charge on any atom is 0.251 e. The molecule has 0 radical (unpaired) electrons. The number of rotatable bonds is 5. The Balaban J connectivity index is 1.38. The number of nitrogens with two attached hydrogens (primary N) is 1. The molecule has 1 unspecified atom stereocenters. The van der Waals surface area contributed by atoms with E-state index in [0.29, 0.717) is 36.7 Å². The Bertz CT molecular complexity index is 778. The maximum atomic E-state index is 12.8. The van der Waals surface area contributed by atoms with Crippen LogP contribution in [0, 0.1) is 5.92 Å². The predicted octanol–water partition coefficient (Wildman–Crippen LogP) is 1.22. The maximum absolute atomic E-state index is 12.8. The van der Waals surface area contributed by atoms with Crippen LogP contribution in [-0.2, 0) is 22.4 Å². The fourth-order valence-corrected chi connectivity index (χ4v) is 5.35. The molecule has 1 atom stereocenters. The molecule has 1 saturated heterocycles. The van der Waals surface area contributed by atoms with Gasteiger partial charge in [0.2, 0.25) is 11.8 Å². The highest BCUT2D eigenvalue weighted by Crippen LogP contribution is 2.39. The van der Waals surface area contributed by atoms with Crippen LogP contribution in [0.2, 0.25) is 0 Å². The number of carbonyl (C=O) groups is 3. The van der Waals surface area contributed by atoms with Crippen LogP contribution in [-0.4, -0.2) is 59.7 Å². The first-order chi connectivity index (χ1) is 13.0. The fourth-order valence-electron chi connectivity index (χ4n) is 4.05. The Morgan fingerprint density at radius 1 is 1.15 bits per heavy atom. The highest BCUT2D eigenvalue weighted by Gasteiger charge is 2.36. The summed E-state index contributed by atoms with van der Waals surface area (Å²) >= 11 is 1.48. The van der Waals surface area contributed by atoms with E-state index in [-0.39, 0.29) is 23.8 Å². The minimum atomic E-state index is -0.468. The zero-order valence-electron chi connectivity index (χ0n) is 15.6. The van der Waals surface area contributed by atoms with Crippen LogP contribution in [0.25, 0.3) is 0 Å². The summed E-state index contributed by atoms with van der Waals surface area (Å²) in [7, 11) is 0. The molecule has 0 bridgehead atoms. The molecule has 4 rings (SSSR count). The van der Waals surface area contributed by atoms with Gasteiger partial charge in [0.25, 0.3) is 5.91 Å². The Labute approximate surface area is 162 Å². The zero-order chi connectivity index (χ0) is 19.1. The summed E-state index contributed by atoms with van der Waals surface area (Å²) in [6, 6.07) is -0.319. The largest absolute Gasteiger partial charge is 0.365 e. The molecule has 7 nitrogen and oxygen atoms in total. The van der Waals surface area contributed by atoms with Gasteiger partial charge >= 0.3 is 0 Å². The van der Waals surface area contributed by atoms with Crippen molar-refractivity contribution >= 4 is 34.1 Å². The summed E-state index contributed by atoms with van der Waals surface area (Å²) in [4.78, 5) is 42.0. The average molecular weight is 391 g/mol. The second-order valence-electron chi connectivity index (χ2n) is 7.73. The van der Waals surface area contributed by atoms with Crippen molar-refractivity contribution in [2.24, 2.45) is 11.7 Å². The number of nitrogens with one attached hydrogen (secondary N) is 1. The van der Waals surface area contributed by atoms with Gasteiger partial charge in [-0.25, -0.2) is 0 Å². The summed E-state index contributed by atoms with van der Waals surface area (Å²) in [5.74, 6) is -0.0832. The molecule has 1 aromatic heterocycles. The summed E-state index contributed by atoms with van der Waals surface area (Å²) in [6.07, 6.45) is 4.88. The second-order valence-corrected chi connectivity index (χ2v) is 8.83. The van der Waals surface area contributed by atoms with Crippen molar-refractivity contribution in [3.05, 3.63) is 16.0 Å². The topological polar surface area (TPSA) is 95.7 Å². The molecule has 0 spiro atoms. The average Bonchev–Trinajstić information content (AvgIpc) is 3.31. The Hall–Kier alpha value is -1.93. The number of piperazine rings is 1. The number of hydrogen-bond donors (Lipinski definition) is 2. The minimum Gasteiger partial charge on any atom is -0.365 e. The molecule has 1 aromatic rings. The predicted molar refractivity (Wildman–Crippen MR) is 104 cm³/mol. The molecule has 1 saturated carbocycles. The lowest BCUT2D eigenvalue weighted by molar-refractivity contribution is -0.135. The van der Waals surface area contributed by atoms with Gasteiger partial charge in [0, 0.05) is 37.0 Å². The number of fused-ring (bicyclic) bond motifs is 1. The van der Waals surface area contributed by atoms with Crippen molar-refractivity contribution < 1.29 is 14.4 Å². The lowest BCUT2D eigenvalue weighted by atomic mass is 10.1. The summed E-state index contributed by atoms with van der Waals surface area (Å²) in [5.41, 5.74) is 7.08. The van der Waals surface area contributed by atoms with Crippen molar-refractivity contribution in [3.8, 4) is 0 Å². The number of anilines is 1. The van der Waals surface area contributed by atoms with Crippen LogP contribution in [0.3, 0.4) is 0 Å². The van der Waals surface area contributed by atoms with E-state index in [9.17, 15) is 14.4 Å². The summed E-state index contributed by atoms with van der Waals surface area (Å²) < 4.78 is 0. The number of nitrogens with zero attached hydrogens (tertiary/aromatic N) is 2. The van der Waals surface area contributed by atoms with Gasteiger partial charge in [-0.05, 0) is 44.6 Å². The quantitative estimate of drug-likeness (QED) is 0.790. The van der Waals surface area contributed by atoms with Crippen LogP contribution in [0.5, 0.6) is 0 Å².